The molecule has 0 amide bonds. The zero-order valence-electron chi connectivity index (χ0n) is 11.7. The molecule has 0 unspecified atom stereocenters. The minimum atomic E-state index is -0.113. The molecule has 0 aromatic carbocycles. The Labute approximate surface area is 99.3 Å². The smallest absolute Gasteiger partial charge is 0.250 e. The molecule has 0 aliphatic rings. The Bertz CT molecular complexity index is 357. The molecule has 16 heavy (non-hydrogen) atoms. The summed E-state index contributed by atoms with van der Waals surface area (Å²) in [4.78, 5) is 11.2. The zero-order chi connectivity index (χ0) is 13.0. The van der Waals surface area contributed by atoms with Crippen molar-refractivity contribution < 1.29 is 0 Å². The maximum Gasteiger partial charge on any atom is 0.250 e. The molecule has 1 rings (SSSR count). The maximum atomic E-state index is 11.2. The fourth-order valence-corrected chi connectivity index (χ4v) is 0.982. The van der Waals surface area contributed by atoms with Gasteiger partial charge in [0, 0.05) is 17.8 Å². The molecule has 0 bridgehead atoms. The van der Waals surface area contributed by atoms with Gasteiger partial charge in [-0.2, -0.15) is 0 Å². The molecule has 0 aliphatic heterocycles. The molecule has 0 N–H and O–H groups in total. The topological polar surface area (TPSA) is 22.0 Å². The van der Waals surface area contributed by atoms with Gasteiger partial charge in [-0.05, 0) is 32.3 Å². The quantitative estimate of drug-likeness (QED) is 0.658. The average Bonchev–Trinajstić information content (AvgIpc) is 1.99. The van der Waals surface area contributed by atoms with Crippen molar-refractivity contribution in [3.05, 3.63) is 34.7 Å². The Kier molecular flexibility index (Phi) is 4.98. The van der Waals surface area contributed by atoms with Gasteiger partial charge in [0.2, 0.25) is 0 Å². The molecule has 2 nitrogen and oxygen atoms in total. The van der Waals surface area contributed by atoms with Crippen LogP contribution in [-0.2, 0) is 5.54 Å². The first kappa shape index (κ1) is 14.9. The van der Waals surface area contributed by atoms with Crippen LogP contribution in [0, 0.1) is 5.41 Å². The van der Waals surface area contributed by atoms with Crippen molar-refractivity contribution in [1.82, 2.24) is 4.57 Å². The van der Waals surface area contributed by atoms with Crippen LogP contribution < -0.4 is 5.56 Å². The normalized spacial score (nSPS) is 11.7. The van der Waals surface area contributed by atoms with E-state index in [0.29, 0.717) is 5.41 Å². The van der Waals surface area contributed by atoms with Gasteiger partial charge in [-0.3, -0.25) is 4.79 Å². The summed E-state index contributed by atoms with van der Waals surface area (Å²) in [5, 5.41) is 0. The first-order valence-corrected chi connectivity index (χ1v) is 5.70. The lowest BCUT2D eigenvalue weighted by molar-refractivity contribution is 0.384. The third kappa shape index (κ3) is 7.27. The summed E-state index contributed by atoms with van der Waals surface area (Å²) in [6, 6.07) is 5.20. The average molecular weight is 223 g/mol. The molecule has 0 saturated heterocycles. The molecule has 2 heteroatoms. The summed E-state index contributed by atoms with van der Waals surface area (Å²) in [5.74, 6) is 0. The Morgan fingerprint density at radius 1 is 0.938 bits per heavy atom. The molecule has 0 atom stereocenters. The van der Waals surface area contributed by atoms with Crippen LogP contribution in [-0.4, -0.2) is 4.57 Å². The fourth-order valence-electron chi connectivity index (χ4n) is 0.982. The largest absolute Gasteiger partial charge is 0.310 e. The van der Waals surface area contributed by atoms with Crippen LogP contribution in [0.2, 0.25) is 0 Å². The molecule has 1 aromatic heterocycles. The van der Waals surface area contributed by atoms with Crippen LogP contribution >= 0.6 is 0 Å². The first-order chi connectivity index (χ1) is 7.02. The molecule has 0 aliphatic carbocycles. The monoisotopic (exact) mass is 223 g/mol. The van der Waals surface area contributed by atoms with Gasteiger partial charge < -0.3 is 4.57 Å². The van der Waals surface area contributed by atoms with Crippen molar-refractivity contribution in [2.75, 3.05) is 0 Å². The summed E-state index contributed by atoms with van der Waals surface area (Å²) in [7, 11) is 0. The number of pyridine rings is 1. The lowest BCUT2D eigenvalue weighted by Gasteiger charge is -2.21. The molecule has 0 radical (unpaired) electrons. The Morgan fingerprint density at radius 3 is 1.62 bits per heavy atom. The van der Waals surface area contributed by atoms with Crippen molar-refractivity contribution in [1.29, 1.82) is 0 Å². The third-order valence-electron chi connectivity index (χ3n) is 1.55. The van der Waals surface area contributed by atoms with Crippen molar-refractivity contribution in [3.63, 3.8) is 0 Å². The van der Waals surface area contributed by atoms with Crippen LogP contribution in [0.4, 0.5) is 0 Å². The second-order valence-corrected chi connectivity index (χ2v) is 6.58. The first-order valence-electron chi connectivity index (χ1n) is 5.70. The van der Waals surface area contributed by atoms with Gasteiger partial charge in [-0.1, -0.05) is 33.8 Å². The summed E-state index contributed by atoms with van der Waals surface area (Å²) in [5.41, 5.74) is 0.443. The molecule has 0 saturated carbocycles. The molecular weight excluding hydrogens is 198 g/mol. The van der Waals surface area contributed by atoms with Gasteiger partial charge in [0.15, 0.2) is 0 Å². The molecule has 1 heterocycles. The van der Waals surface area contributed by atoms with E-state index in [-0.39, 0.29) is 11.1 Å². The highest BCUT2D eigenvalue weighted by Gasteiger charge is 2.12. The van der Waals surface area contributed by atoms with Crippen molar-refractivity contribution in [3.8, 4) is 0 Å². The number of hydrogen-bond acceptors (Lipinski definition) is 1. The van der Waals surface area contributed by atoms with E-state index in [1.165, 1.54) is 0 Å². The van der Waals surface area contributed by atoms with Crippen molar-refractivity contribution >= 4 is 0 Å². The van der Waals surface area contributed by atoms with Crippen LogP contribution in [0.15, 0.2) is 29.2 Å². The molecular formula is C14H25NO. The van der Waals surface area contributed by atoms with E-state index in [1.807, 2.05) is 33.0 Å². The SMILES string of the molecule is CC(C)(C)C.CC(C)(C)n1ccccc1=O. The minimum absolute atomic E-state index is 0.0556. The van der Waals surface area contributed by atoms with Crippen LogP contribution in [0.25, 0.3) is 0 Å². The fraction of sp³-hybridized carbons (Fsp3) is 0.643. The van der Waals surface area contributed by atoms with Gasteiger partial charge in [0.1, 0.15) is 0 Å². The van der Waals surface area contributed by atoms with Gasteiger partial charge in [0.25, 0.3) is 5.56 Å². The summed E-state index contributed by atoms with van der Waals surface area (Å²) < 4.78 is 1.72. The second-order valence-electron chi connectivity index (χ2n) is 6.58. The standard InChI is InChI=1S/C9H13NO.C5H12/c1-9(2,3)10-7-5-4-6-8(10)11;1-5(2,3)4/h4-7H,1-3H3;1-4H3. The van der Waals surface area contributed by atoms with E-state index in [1.54, 1.807) is 16.7 Å². The van der Waals surface area contributed by atoms with Crippen LogP contribution in [0.3, 0.4) is 0 Å². The Morgan fingerprint density at radius 2 is 1.38 bits per heavy atom. The van der Waals surface area contributed by atoms with Crippen LogP contribution in [0.1, 0.15) is 48.5 Å². The van der Waals surface area contributed by atoms with E-state index in [9.17, 15) is 4.79 Å². The maximum absolute atomic E-state index is 11.2. The molecule has 0 spiro atoms. The van der Waals surface area contributed by atoms with Gasteiger partial charge in [-0.15, -0.1) is 0 Å². The molecule has 1 aromatic rings. The predicted octanol–water partition coefficient (Wildman–Crippen LogP) is 3.66. The summed E-state index contributed by atoms with van der Waals surface area (Å²) in [6.45, 7) is 14.8. The number of nitrogens with zero attached hydrogens (tertiary/aromatic N) is 1. The predicted molar refractivity (Wildman–Crippen MR) is 70.8 cm³/mol. The highest BCUT2D eigenvalue weighted by molar-refractivity contribution is 4.96. The number of aromatic nitrogens is 1. The lowest BCUT2D eigenvalue weighted by atomic mass is 10.0. The minimum Gasteiger partial charge on any atom is -0.310 e. The molecule has 92 valence electrons. The van der Waals surface area contributed by atoms with Gasteiger partial charge in [0.05, 0.1) is 0 Å². The summed E-state index contributed by atoms with van der Waals surface area (Å²) >= 11 is 0. The number of rotatable bonds is 0. The van der Waals surface area contributed by atoms with Gasteiger partial charge in [-0.25, -0.2) is 0 Å². The van der Waals surface area contributed by atoms with Crippen molar-refractivity contribution in [2.24, 2.45) is 5.41 Å². The third-order valence-corrected chi connectivity index (χ3v) is 1.55. The number of hydrogen-bond donors (Lipinski definition) is 0. The Hall–Kier alpha value is -1.05. The second kappa shape index (κ2) is 5.33. The van der Waals surface area contributed by atoms with E-state index in [0.717, 1.165) is 0 Å². The molecule has 0 fully saturated rings. The van der Waals surface area contributed by atoms with Crippen molar-refractivity contribution in [2.45, 2.75) is 54.0 Å². The highest BCUT2D eigenvalue weighted by atomic mass is 16.1. The lowest BCUT2D eigenvalue weighted by Crippen LogP contribution is -2.32. The van der Waals surface area contributed by atoms with E-state index >= 15 is 0 Å². The van der Waals surface area contributed by atoms with Gasteiger partial charge >= 0.3 is 0 Å². The zero-order valence-corrected chi connectivity index (χ0v) is 11.7. The van der Waals surface area contributed by atoms with Crippen LogP contribution in [0.5, 0.6) is 0 Å². The van der Waals surface area contributed by atoms with E-state index in [4.69, 9.17) is 0 Å². The Balaban J connectivity index is 0.000000385. The van der Waals surface area contributed by atoms with E-state index < -0.39 is 0 Å². The highest BCUT2D eigenvalue weighted by Crippen LogP contribution is 2.09. The summed E-state index contributed by atoms with van der Waals surface area (Å²) in [6.07, 6.45) is 1.81. The van der Waals surface area contributed by atoms with E-state index in [2.05, 4.69) is 27.7 Å².